The number of ketones is 1. The molecule has 3 aromatic carbocycles. The van der Waals surface area contributed by atoms with Gasteiger partial charge in [-0.1, -0.05) is 65.7 Å². The number of allylic oxidation sites excluding steroid dienone is 3. The maximum Gasteiger partial charge on any atom is 0.336 e. The average Bonchev–Trinajstić information content (AvgIpc) is 2.91. The molecule has 0 saturated heterocycles. The van der Waals surface area contributed by atoms with Crippen molar-refractivity contribution in [2.24, 2.45) is 0 Å². The van der Waals surface area contributed by atoms with Crippen LogP contribution in [0.25, 0.3) is 0 Å². The molecule has 0 fully saturated rings. The molecular weight excluding hydrogens is 521 g/mol. The first-order valence-electron chi connectivity index (χ1n) is 12.5. The van der Waals surface area contributed by atoms with Gasteiger partial charge in [0.15, 0.2) is 5.78 Å². The van der Waals surface area contributed by atoms with Crippen LogP contribution in [0, 0.1) is 0 Å². The minimum atomic E-state index is -0.578. The summed E-state index contributed by atoms with van der Waals surface area (Å²) in [6, 6.07) is 24.3. The molecule has 5 rings (SSSR count). The fourth-order valence-electron chi connectivity index (χ4n) is 5.19. The number of nitrogens with one attached hydrogen (secondary N) is 1. The summed E-state index contributed by atoms with van der Waals surface area (Å²) in [5.41, 5.74) is 4.32. The van der Waals surface area contributed by atoms with Gasteiger partial charge in [-0.15, -0.1) is 0 Å². The summed E-state index contributed by atoms with van der Waals surface area (Å²) in [6.07, 6.45) is 0.982. The van der Waals surface area contributed by atoms with Crippen LogP contribution in [-0.4, -0.2) is 25.0 Å². The molecule has 2 unspecified atom stereocenters. The highest BCUT2D eigenvalue weighted by Crippen LogP contribution is 2.46. The third-order valence-electron chi connectivity index (χ3n) is 6.90. The first-order chi connectivity index (χ1) is 18.4. The highest BCUT2D eigenvalue weighted by atomic mass is 35.5. The van der Waals surface area contributed by atoms with Gasteiger partial charge < -0.3 is 14.8 Å². The standard InChI is InChI=1S/C31H27Cl2NO4/c1-19-28(31(36)38-15-14-37-25-8-3-2-4-9-25)29(21-6-5-7-24(33)16-21)30-26(34-19)17-22(18-27(30)35)20-10-12-23(32)13-11-20/h2-13,16,22,29,34H,14-15,17-18H2,1H3. The molecule has 0 bridgehead atoms. The van der Waals surface area contributed by atoms with Gasteiger partial charge in [-0.05, 0) is 66.8 Å². The number of ether oxygens (including phenoxy) is 2. The van der Waals surface area contributed by atoms with Gasteiger partial charge in [-0.3, -0.25) is 4.79 Å². The van der Waals surface area contributed by atoms with E-state index in [-0.39, 0.29) is 24.9 Å². The number of benzene rings is 3. The van der Waals surface area contributed by atoms with E-state index in [0.717, 1.165) is 16.8 Å². The Morgan fingerprint density at radius 3 is 2.39 bits per heavy atom. The molecule has 38 heavy (non-hydrogen) atoms. The number of hydrogen-bond donors (Lipinski definition) is 1. The van der Waals surface area contributed by atoms with Crippen LogP contribution in [0.3, 0.4) is 0 Å². The van der Waals surface area contributed by atoms with Crippen LogP contribution >= 0.6 is 23.2 Å². The molecule has 7 heteroatoms. The Bertz CT molecular complexity index is 1410. The summed E-state index contributed by atoms with van der Waals surface area (Å²) in [5.74, 6) is -0.355. The third-order valence-corrected chi connectivity index (χ3v) is 7.39. The second-order valence-corrected chi connectivity index (χ2v) is 10.3. The van der Waals surface area contributed by atoms with E-state index in [1.165, 1.54) is 0 Å². The summed E-state index contributed by atoms with van der Waals surface area (Å²) in [5, 5.41) is 4.56. The smallest absolute Gasteiger partial charge is 0.336 e. The van der Waals surface area contributed by atoms with Crippen molar-refractivity contribution < 1.29 is 19.1 Å². The SMILES string of the molecule is CC1=C(C(=O)OCCOc2ccccc2)C(c2cccc(Cl)c2)C2=C(CC(c3ccc(Cl)cc3)CC2=O)N1. The highest BCUT2D eigenvalue weighted by Gasteiger charge is 2.41. The van der Waals surface area contributed by atoms with Gasteiger partial charge in [0.05, 0.1) is 5.57 Å². The molecule has 3 aromatic rings. The van der Waals surface area contributed by atoms with E-state index < -0.39 is 11.9 Å². The van der Waals surface area contributed by atoms with Crippen LogP contribution in [0.4, 0.5) is 0 Å². The average molecular weight is 548 g/mol. The predicted octanol–water partition coefficient (Wildman–Crippen LogP) is 6.98. The maximum absolute atomic E-state index is 13.7. The maximum atomic E-state index is 13.7. The largest absolute Gasteiger partial charge is 0.490 e. The Morgan fingerprint density at radius 2 is 1.66 bits per heavy atom. The highest BCUT2D eigenvalue weighted by molar-refractivity contribution is 6.30. The van der Waals surface area contributed by atoms with E-state index in [9.17, 15) is 9.59 Å². The summed E-state index contributed by atoms with van der Waals surface area (Å²) in [4.78, 5) is 27.1. The Morgan fingerprint density at radius 1 is 0.895 bits per heavy atom. The van der Waals surface area contributed by atoms with Crippen LogP contribution in [-0.2, 0) is 14.3 Å². The van der Waals surface area contributed by atoms with Crippen molar-refractivity contribution in [2.75, 3.05) is 13.2 Å². The molecule has 0 spiro atoms. The molecule has 1 aliphatic carbocycles. The molecule has 2 aliphatic rings. The second-order valence-electron chi connectivity index (χ2n) is 9.42. The Hall–Kier alpha value is -3.54. The number of Topliss-reactive ketones (excluding diaryl/α,β-unsaturated/α-hetero) is 1. The van der Waals surface area contributed by atoms with Crippen molar-refractivity contribution in [2.45, 2.75) is 31.6 Å². The molecule has 2 atom stereocenters. The zero-order valence-corrected chi connectivity index (χ0v) is 22.4. The normalized spacial score (nSPS) is 19.1. The molecule has 1 N–H and O–H groups in total. The van der Waals surface area contributed by atoms with E-state index in [1.54, 1.807) is 12.1 Å². The number of halogens is 2. The molecule has 0 aromatic heterocycles. The lowest BCUT2D eigenvalue weighted by atomic mass is 9.72. The molecular formula is C31H27Cl2NO4. The van der Waals surface area contributed by atoms with E-state index in [4.69, 9.17) is 32.7 Å². The molecule has 0 saturated carbocycles. The van der Waals surface area contributed by atoms with E-state index in [0.29, 0.717) is 45.5 Å². The summed E-state index contributed by atoms with van der Waals surface area (Å²) in [6.45, 7) is 2.13. The topological polar surface area (TPSA) is 64.6 Å². The van der Waals surface area contributed by atoms with Crippen molar-refractivity contribution in [3.05, 3.63) is 123 Å². The Balaban J connectivity index is 1.41. The lowest BCUT2D eigenvalue weighted by molar-refractivity contribution is -0.140. The van der Waals surface area contributed by atoms with Crippen LogP contribution in [0.15, 0.2) is 101 Å². The van der Waals surface area contributed by atoms with Crippen LogP contribution < -0.4 is 10.1 Å². The van der Waals surface area contributed by atoms with Gasteiger partial charge in [0.2, 0.25) is 0 Å². The zero-order valence-electron chi connectivity index (χ0n) is 20.9. The fraction of sp³-hybridized carbons (Fsp3) is 0.226. The monoisotopic (exact) mass is 547 g/mol. The lowest BCUT2D eigenvalue weighted by Gasteiger charge is -2.36. The summed E-state index contributed by atoms with van der Waals surface area (Å²) >= 11 is 12.4. The first kappa shape index (κ1) is 26.1. The van der Waals surface area contributed by atoms with Crippen molar-refractivity contribution in [3.63, 3.8) is 0 Å². The quantitative estimate of drug-likeness (QED) is 0.255. The molecule has 194 valence electrons. The van der Waals surface area contributed by atoms with E-state index in [1.807, 2.05) is 73.7 Å². The lowest BCUT2D eigenvalue weighted by Crippen LogP contribution is -2.36. The van der Waals surface area contributed by atoms with Crippen molar-refractivity contribution in [1.82, 2.24) is 5.32 Å². The fourth-order valence-corrected chi connectivity index (χ4v) is 5.51. The van der Waals surface area contributed by atoms with Gasteiger partial charge in [-0.25, -0.2) is 4.79 Å². The van der Waals surface area contributed by atoms with Crippen molar-refractivity contribution in [3.8, 4) is 5.75 Å². The van der Waals surface area contributed by atoms with Crippen LogP contribution in [0.1, 0.15) is 42.7 Å². The number of dihydropyridines is 1. The van der Waals surface area contributed by atoms with Crippen LogP contribution in [0.5, 0.6) is 5.75 Å². The number of para-hydroxylation sites is 1. The summed E-state index contributed by atoms with van der Waals surface area (Å²) in [7, 11) is 0. The minimum absolute atomic E-state index is 0.00566. The van der Waals surface area contributed by atoms with Gasteiger partial charge in [0.25, 0.3) is 0 Å². The van der Waals surface area contributed by atoms with Crippen molar-refractivity contribution in [1.29, 1.82) is 0 Å². The minimum Gasteiger partial charge on any atom is -0.490 e. The molecule has 1 aliphatic heterocycles. The van der Waals surface area contributed by atoms with Gasteiger partial charge in [-0.2, -0.15) is 0 Å². The third kappa shape index (κ3) is 5.64. The summed E-state index contributed by atoms with van der Waals surface area (Å²) < 4.78 is 11.3. The number of esters is 1. The molecule has 0 radical (unpaired) electrons. The number of carbonyl (C=O) groups excluding carboxylic acids is 2. The Kier molecular flexibility index (Phi) is 7.87. The molecule has 0 amide bonds. The Labute approximate surface area is 232 Å². The molecule has 5 nitrogen and oxygen atoms in total. The number of carbonyl (C=O) groups is 2. The second kappa shape index (κ2) is 11.5. The van der Waals surface area contributed by atoms with Gasteiger partial charge in [0.1, 0.15) is 19.0 Å². The van der Waals surface area contributed by atoms with Gasteiger partial charge in [0, 0.05) is 39.4 Å². The van der Waals surface area contributed by atoms with E-state index in [2.05, 4.69) is 5.32 Å². The van der Waals surface area contributed by atoms with Gasteiger partial charge >= 0.3 is 5.97 Å². The number of hydrogen-bond acceptors (Lipinski definition) is 5. The van der Waals surface area contributed by atoms with E-state index >= 15 is 0 Å². The molecule has 1 heterocycles. The van der Waals surface area contributed by atoms with Crippen molar-refractivity contribution >= 4 is 35.0 Å². The number of rotatable bonds is 7. The zero-order chi connectivity index (χ0) is 26.6. The van der Waals surface area contributed by atoms with Crippen LogP contribution in [0.2, 0.25) is 10.0 Å². The first-order valence-corrected chi connectivity index (χ1v) is 13.3. The predicted molar refractivity (Wildman–Crippen MR) is 148 cm³/mol.